The third kappa shape index (κ3) is 3.59. The van der Waals surface area contributed by atoms with Crippen molar-refractivity contribution < 1.29 is 4.79 Å². The molecule has 0 bridgehead atoms. The van der Waals surface area contributed by atoms with E-state index >= 15 is 0 Å². The number of aromatic nitrogens is 1. The Balaban J connectivity index is 1.59. The highest BCUT2D eigenvalue weighted by atomic mass is 35.5. The number of fused-ring (bicyclic) bond motifs is 1. The van der Waals surface area contributed by atoms with Gasteiger partial charge < -0.3 is 5.32 Å². The summed E-state index contributed by atoms with van der Waals surface area (Å²) in [6.45, 7) is 3.89. The first-order chi connectivity index (χ1) is 13.0. The van der Waals surface area contributed by atoms with E-state index in [1.54, 1.807) is 23.5 Å². The number of nitrogens with zero attached hydrogens (tertiary/aromatic N) is 1. The number of anilines is 1. The van der Waals surface area contributed by atoms with E-state index in [1.165, 1.54) is 4.70 Å². The first-order valence-electron chi connectivity index (χ1n) is 8.55. The summed E-state index contributed by atoms with van der Waals surface area (Å²) in [4.78, 5) is 17.2. The van der Waals surface area contributed by atoms with Gasteiger partial charge in [-0.2, -0.15) is 0 Å². The van der Waals surface area contributed by atoms with Gasteiger partial charge >= 0.3 is 0 Å². The summed E-state index contributed by atoms with van der Waals surface area (Å²) in [6, 6.07) is 19.4. The van der Waals surface area contributed by atoms with E-state index in [0.29, 0.717) is 10.6 Å². The van der Waals surface area contributed by atoms with Crippen LogP contribution in [-0.4, -0.2) is 10.9 Å². The number of halogens is 1. The first kappa shape index (κ1) is 17.7. The van der Waals surface area contributed by atoms with Crippen molar-refractivity contribution in [2.45, 2.75) is 13.8 Å². The maximum atomic E-state index is 12.5. The fourth-order valence-electron chi connectivity index (χ4n) is 2.86. The molecule has 0 atom stereocenters. The maximum absolute atomic E-state index is 12.5. The third-order valence-electron chi connectivity index (χ3n) is 4.45. The van der Waals surface area contributed by atoms with E-state index in [4.69, 9.17) is 16.6 Å². The summed E-state index contributed by atoms with van der Waals surface area (Å²) in [5, 5.41) is 4.53. The molecule has 0 saturated heterocycles. The zero-order valence-corrected chi connectivity index (χ0v) is 16.5. The number of amides is 1. The summed E-state index contributed by atoms with van der Waals surface area (Å²) in [7, 11) is 0. The molecule has 3 aromatic carbocycles. The van der Waals surface area contributed by atoms with Crippen LogP contribution in [0.3, 0.4) is 0 Å². The van der Waals surface area contributed by atoms with E-state index in [2.05, 4.69) is 17.4 Å². The van der Waals surface area contributed by atoms with E-state index in [-0.39, 0.29) is 5.91 Å². The van der Waals surface area contributed by atoms with Crippen molar-refractivity contribution >= 4 is 44.7 Å². The van der Waals surface area contributed by atoms with Crippen LogP contribution in [-0.2, 0) is 0 Å². The molecule has 0 fully saturated rings. The number of carbonyl (C=O) groups is 1. The van der Waals surface area contributed by atoms with Crippen molar-refractivity contribution in [3.05, 3.63) is 82.4 Å². The van der Waals surface area contributed by atoms with Crippen LogP contribution in [0.2, 0.25) is 5.02 Å². The van der Waals surface area contributed by atoms with Crippen molar-refractivity contribution in [3.8, 4) is 10.6 Å². The molecule has 3 nitrogen and oxygen atoms in total. The molecule has 0 aliphatic heterocycles. The van der Waals surface area contributed by atoms with Crippen LogP contribution in [0.15, 0.2) is 60.7 Å². The van der Waals surface area contributed by atoms with Gasteiger partial charge in [0.15, 0.2) is 0 Å². The minimum atomic E-state index is -0.173. The first-order valence-corrected chi connectivity index (χ1v) is 9.75. The summed E-state index contributed by atoms with van der Waals surface area (Å²) in [5.74, 6) is -0.173. The van der Waals surface area contributed by atoms with Gasteiger partial charge in [-0.05, 0) is 67.4 Å². The van der Waals surface area contributed by atoms with Crippen LogP contribution in [0.1, 0.15) is 21.5 Å². The zero-order chi connectivity index (χ0) is 19.0. The lowest BCUT2D eigenvalue weighted by Gasteiger charge is -2.10. The van der Waals surface area contributed by atoms with Gasteiger partial charge in [0.2, 0.25) is 0 Å². The Morgan fingerprint density at radius 1 is 1.00 bits per heavy atom. The molecule has 0 spiro atoms. The highest BCUT2D eigenvalue weighted by Gasteiger charge is 2.11. The van der Waals surface area contributed by atoms with Gasteiger partial charge in [-0.15, -0.1) is 11.3 Å². The number of thiazole rings is 1. The molecule has 1 amide bonds. The molecular weight excluding hydrogens is 376 g/mol. The monoisotopic (exact) mass is 392 g/mol. The van der Waals surface area contributed by atoms with Gasteiger partial charge in [0.25, 0.3) is 5.91 Å². The minimum absolute atomic E-state index is 0.173. The van der Waals surface area contributed by atoms with Crippen molar-refractivity contribution in [1.82, 2.24) is 4.98 Å². The number of benzene rings is 3. The number of rotatable bonds is 3. The second kappa shape index (κ2) is 7.14. The van der Waals surface area contributed by atoms with Gasteiger partial charge in [0, 0.05) is 21.8 Å². The predicted octanol–water partition coefficient (Wildman–Crippen LogP) is 6.49. The second-order valence-electron chi connectivity index (χ2n) is 6.43. The molecule has 1 N–H and O–H groups in total. The average molecular weight is 393 g/mol. The van der Waals surface area contributed by atoms with E-state index < -0.39 is 0 Å². The van der Waals surface area contributed by atoms with Gasteiger partial charge in [-0.1, -0.05) is 29.8 Å². The number of hydrogen-bond acceptors (Lipinski definition) is 3. The largest absolute Gasteiger partial charge is 0.322 e. The molecule has 0 saturated carbocycles. The molecule has 4 rings (SSSR count). The smallest absolute Gasteiger partial charge is 0.255 e. The number of aryl methyl sites for hydroxylation is 2. The van der Waals surface area contributed by atoms with Crippen LogP contribution < -0.4 is 5.32 Å². The Hall–Kier alpha value is -2.69. The number of hydrogen-bond donors (Lipinski definition) is 1. The van der Waals surface area contributed by atoms with Crippen LogP contribution >= 0.6 is 22.9 Å². The van der Waals surface area contributed by atoms with Gasteiger partial charge in [-0.3, -0.25) is 4.79 Å². The molecule has 0 unspecified atom stereocenters. The van der Waals surface area contributed by atoms with Gasteiger partial charge in [-0.25, -0.2) is 4.98 Å². The van der Waals surface area contributed by atoms with Crippen LogP contribution in [0.5, 0.6) is 0 Å². The van der Waals surface area contributed by atoms with E-state index in [1.807, 2.05) is 50.2 Å². The molecule has 4 aromatic rings. The molecule has 0 radical (unpaired) electrons. The van der Waals surface area contributed by atoms with Crippen molar-refractivity contribution in [1.29, 1.82) is 0 Å². The van der Waals surface area contributed by atoms with Gasteiger partial charge in [0.05, 0.1) is 10.2 Å². The van der Waals surface area contributed by atoms with Crippen molar-refractivity contribution in [3.63, 3.8) is 0 Å². The highest BCUT2D eigenvalue weighted by Crippen LogP contribution is 2.32. The molecule has 1 aromatic heterocycles. The van der Waals surface area contributed by atoms with Gasteiger partial charge in [0.1, 0.15) is 5.01 Å². The van der Waals surface area contributed by atoms with E-state index in [0.717, 1.165) is 32.9 Å². The average Bonchev–Trinajstić information content (AvgIpc) is 3.09. The lowest BCUT2D eigenvalue weighted by molar-refractivity contribution is 0.102. The lowest BCUT2D eigenvalue weighted by atomic mass is 10.1. The van der Waals surface area contributed by atoms with Crippen LogP contribution in [0, 0.1) is 13.8 Å². The number of carbonyl (C=O) groups excluding carboxylic acids is 1. The quantitative estimate of drug-likeness (QED) is 0.433. The normalized spacial score (nSPS) is 10.9. The third-order valence-corrected chi connectivity index (χ3v) is 5.94. The minimum Gasteiger partial charge on any atom is -0.322 e. The number of nitrogens with one attached hydrogen (secondary N) is 1. The maximum Gasteiger partial charge on any atom is 0.255 e. The second-order valence-corrected chi connectivity index (χ2v) is 7.87. The Bertz CT molecular complexity index is 1130. The summed E-state index contributed by atoms with van der Waals surface area (Å²) < 4.78 is 1.17. The standard InChI is InChI=1S/C22H17ClN2OS/c1-13-7-8-15(12-17(13)23)21(26)24-18-10-9-16(11-14(18)2)22-25-19-5-3-4-6-20(19)27-22/h3-12H,1-2H3,(H,24,26). The zero-order valence-electron chi connectivity index (χ0n) is 14.9. The molecule has 134 valence electrons. The Morgan fingerprint density at radius 3 is 2.56 bits per heavy atom. The topological polar surface area (TPSA) is 42.0 Å². The van der Waals surface area contributed by atoms with Crippen LogP contribution in [0.25, 0.3) is 20.8 Å². The Kier molecular flexibility index (Phi) is 4.68. The molecule has 0 aliphatic carbocycles. The molecule has 1 heterocycles. The number of para-hydroxylation sites is 1. The highest BCUT2D eigenvalue weighted by molar-refractivity contribution is 7.21. The van der Waals surface area contributed by atoms with Crippen molar-refractivity contribution in [2.75, 3.05) is 5.32 Å². The summed E-state index contributed by atoms with van der Waals surface area (Å²) in [6.07, 6.45) is 0. The Labute approximate surface area is 166 Å². The van der Waals surface area contributed by atoms with Crippen LogP contribution in [0.4, 0.5) is 5.69 Å². The molecule has 0 aliphatic rings. The molecule has 5 heteroatoms. The Morgan fingerprint density at radius 2 is 1.81 bits per heavy atom. The summed E-state index contributed by atoms with van der Waals surface area (Å²) >= 11 is 7.79. The SMILES string of the molecule is Cc1ccc(C(=O)Nc2ccc(-c3nc4ccccc4s3)cc2C)cc1Cl. The fraction of sp³-hybridized carbons (Fsp3) is 0.0909. The summed E-state index contributed by atoms with van der Waals surface area (Å²) in [5.41, 5.74) is 5.30. The lowest BCUT2D eigenvalue weighted by Crippen LogP contribution is -2.12. The predicted molar refractivity (Wildman–Crippen MR) is 114 cm³/mol. The fourth-order valence-corrected chi connectivity index (χ4v) is 4.00. The van der Waals surface area contributed by atoms with E-state index in [9.17, 15) is 4.79 Å². The molecular formula is C22H17ClN2OS. The van der Waals surface area contributed by atoms with Crippen molar-refractivity contribution in [2.24, 2.45) is 0 Å². The molecule has 27 heavy (non-hydrogen) atoms.